The molecule has 1 aliphatic rings. The summed E-state index contributed by atoms with van der Waals surface area (Å²) in [6, 6.07) is 14.4. The van der Waals surface area contributed by atoms with Crippen molar-refractivity contribution in [2.75, 3.05) is 41.0 Å². The lowest BCUT2D eigenvalue weighted by molar-refractivity contribution is -0.139. The van der Waals surface area contributed by atoms with Crippen LogP contribution in [0.5, 0.6) is 11.5 Å². The molecule has 0 spiro atoms. The number of urea groups is 1. The van der Waals surface area contributed by atoms with E-state index in [2.05, 4.69) is 10.2 Å². The first-order valence-corrected chi connectivity index (χ1v) is 11.3. The molecule has 8 nitrogen and oxygen atoms in total. The third-order valence-electron chi connectivity index (χ3n) is 5.67. The molecule has 3 rings (SSSR count). The third-order valence-corrected chi connectivity index (χ3v) is 5.67. The first kappa shape index (κ1) is 25.1. The summed E-state index contributed by atoms with van der Waals surface area (Å²) in [5, 5.41) is 2.98. The van der Waals surface area contributed by atoms with Crippen molar-refractivity contribution in [3.63, 3.8) is 0 Å². The van der Waals surface area contributed by atoms with Crippen LogP contribution in [0.2, 0.25) is 0 Å². The molecule has 0 radical (unpaired) electrons. The predicted octanol–water partition coefficient (Wildman–Crippen LogP) is 3.74. The molecular weight excluding hydrogens is 434 g/mol. The van der Waals surface area contributed by atoms with Gasteiger partial charge in [0.25, 0.3) is 0 Å². The fourth-order valence-electron chi connectivity index (χ4n) is 4.11. The van der Waals surface area contributed by atoms with E-state index in [9.17, 15) is 9.59 Å². The Kier molecular flexibility index (Phi) is 8.54. The number of rotatable bonds is 10. The van der Waals surface area contributed by atoms with E-state index in [4.69, 9.17) is 14.2 Å². The maximum Gasteiger partial charge on any atom is 0.338 e. The van der Waals surface area contributed by atoms with Gasteiger partial charge >= 0.3 is 12.0 Å². The molecule has 2 aromatic rings. The van der Waals surface area contributed by atoms with Gasteiger partial charge in [-0.1, -0.05) is 30.3 Å². The highest BCUT2D eigenvalue weighted by Crippen LogP contribution is 2.35. The van der Waals surface area contributed by atoms with E-state index < -0.39 is 12.0 Å². The molecule has 2 aromatic carbocycles. The van der Waals surface area contributed by atoms with Gasteiger partial charge in [0, 0.05) is 31.4 Å². The summed E-state index contributed by atoms with van der Waals surface area (Å²) in [5.74, 6) is 0.663. The van der Waals surface area contributed by atoms with Crippen LogP contribution in [0.4, 0.5) is 4.79 Å². The lowest BCUT2D eigenvalue weighted by Gasteiger charge is -2.37. The van der Waals surface area contributed by atoms with Crippen LogP contribution in [0.1, 0.15) is 31.0 Å². The largest absolute Gasteiger partial charge is 0.497 e. The first-order chi connectivity index (χ1) is 16.4. The minimum absolute atomic E-state index is 0.226. The predicted molar refractivity (Wildman–Crippen MR) is 130 cm³/mol. The minimum atomic E-state index is -0.710. The number of nitrogens with zero attached hydrogens (tertiary/aromatic N) is 2. The quantitative estimate of drug-likeness (QED) is 0.536. The van der Waals surface area contributed by atoms with E-state index in [1.807, 2.05) is 44.3 Å². The lowest BCUT2D eigenvalue weighted by Crippen LogP contribution is -2.50. The second kappa shape index (κ2) is 11.6. The van der Waals surface area contributed by atoms with Crippen LogP contribution in [-0.2, 0) is 16.1 Å². The fourth-order valence-corrected chi connectivity index (χ4v) is 4.11. The van der Waals surface area contributed by atoms with Crippen LogP contribution in [0, 0.1) is 0 Å². The van der Waals surface area contributed by atoms with Crippen molar-refractivity contribution in [1.29, 1.82) is 0 Å². The van der Waals surface area contributed by atoms with E-state index in [1.165, 1.54) is 0 Å². The molecule has 1 N–H and O–H groups in total. The average molecular weight is 468 g/mol. The highest BCUT2D eigenvalue weighted by Gasteiger charge is 2.38. The van der Waals surface area contributed by atoms with Crippen molar-refractivity contribution < 1.29 is 23.8 Å². The molecule has 1 aliphatic heterocycles. The van der Waals surface area contributed by atoms with E-state index >= 15 is 0 Å². The number of amides is 2. The molecule has 34 heavy (non-hydrogen) atoms. The molecule has 1 heterocycles. The molecule has 182 valence electrons. The summed E-state index contributed by atoms with van der Waals surface area (Å²) in [6.45, 7) is 5.34. The summed E-state index contributed by atoms with van der Waals surface area (Å²) in [6.07, 6.45) is 0. The Hall–Kier alpha value is -3.52. The van der Waals surface area contributed by atoms with Gasteiger partial charge in [-0.2, -0.15) is 0 Å². The van der Waals surface area contributed by atoms with Crippen LogP contribution in [0.3, 0.4) is 0 Å². The fraction of sp³-hybridized carbons (Fsp3) is 0.385. The van der Waals surface area contributed by atoms with Gasteiger partial charge in [0.15, 0.2) is 0 Å². The standard InChI is InChI=1S/C26H33N3O5/c1-6-29-22(17-28(3)16-18-11-9-8-10-12-18)23(25(30)34-7-2)24(27-26(29)31)19-13-20(32-4)15-21(14-19)33-5/h8-15,24H,6-7,16-17H2,1-5H3,(H,27,31)/t24-/m0/s1. The van der Waals surface area contributed by atoms with Gasteiger partial charge in [-0.3, -0.25) is 9.80 Å². The second-order valence-electron chi connectivity index (χ2n) is 8.01. The number of carbonyl (C=O) groups is 2. The van der Waals surface area contributed by atoms with E-state index in [-0.39, 0.29) is 12.6 Å². The van der Waals surface area contributed by atoms with Crippen molar-refractivity contribution in [3.05, 3.63) is 70.9 Å². The van der Waals surface area contributed by atoms with E-state index in [0.717, 1.165) is 5.56 Å². The van der Waals surface area contributed by atoms with Crippen LogP contribution < -0.4 is 14.8 Å². The zero-order chi connectivity index (χ0) is 24.7. The Morgan fingerprint density at radius 2 is 1.68 bits per heavy atom. The Labute approximate surface area is 201 Å². The molecule has 0 fully saturated rings. The average Bonchev–Trinajstić information content (AvgIpc) is 2.84. The maximum absolute atomic E-state index is 13.3. The normalized spacial score (nSPS) is 15.9. The lowest BCUT2D eigenvalue weighted by atomic mass is 9.93. The monoisotopic (exact) mass is 467 g/mol. The molecule has 0 saturated heterocycles. The van der Waals surface area contributed by atoms with Crippen molar-refractivity contribution in [2.24, 2.45) is 0 Å². The van der Waals surface area contributed by atoms with Crippen LogP contribution in [-0.4, -0.2) is 62.8 Å². The molecule has 2 amide bonds. The highest BCUT2D eigenvalue weighted by atomic mass is 16.5. The topological polar surface area (TPSA) is 80.3 Å². The van der Waals surface area contributed by atoms with Gasteiger partial charge in [0.2, 0.25) is 0 Å². The number of likely N-dealkylation sites (N-methyl/N-ethyl adjacent to an activating group) is 2. The number of hydrogen-bond donors (Lipinski definition) is 1. The number of nitrogens with one attached hydrogen (secondary N) is 1. The van der Waals surface area contributed by atoms with E-state index in [1.54, 1.807) is 44.2 Å². The summed E-state index contributed by atoms with van der Waals surface area (Å²) in [4.78, 5) is 30.1. The number of benzene rings is 2. The summed E-state index contributed by atoms with van der Waals surface area (Å²) < 4.78 is 16.3. The minimum Gasteiger partial charge on any atom is -0.497 e. The Balaban J connectivity index is 2.09. The molecule has 0 aliphatic carbocycles. The Morgan fingerprint density at radius 1 is 1.03 bits per heavy atom. The van der Waals surface area contributed by atoms with Crippen molar-refractivity contribution in [3.8, 4) is 11.5 Å². The zero-order valence-electron chi connectivity index (χ0n) is 20.5. The number of methoxy groups -OCH3 is 2. The third kappa shape index (κ3) is 5.69. The molecule has 0 bridgehead atoms. The van der Waals surface area contributed by atoms with Gasteiger partial charge in [0.05, 0.1) is 32.4 Å². The molecule has 0 saturated carbocycles. The van der Waals surface area contributed by atoms with Crippen molar-refractivity contribution in [1.82, 2.24) is 15.1 Å². The van der Waals surface area contributed by atoms with E-state index in [0.29, 0.717) is 48.0 Å². The highest BCUT2D eigenvalue weighted by molar-refractivity contribution is 5.95. The molecule has 0 unspecified atom stereocenters. The Morgan fingerprint density at radius 3 is 2.24 bits per heavy atom. The van der Waals surface area contributed by atoms with Crippen LogP contribution >= 0.6 is 0 Å². The number of carbonyl (C=O) groups excluding carboxylic acids is 2. The second-order valence-corrected chi connectivity index (χ2v) is 8.01. The van der Waals surface area contributed by atoms with Gasteiger partial charge in [-0.05, 0) is 44.2 Å². The Bertz CT molecular complexity index is 1020. The van der Waals surface area contributed by atoms with Crippen LogP contribution in [0.15, 0.2) is 59.8 Å². The maximum atomic E-state index is 13.3. The number of esters is 1. The molecule has 8 heteroatoms. The SMILES string of the molecule is CCOC(=O)C1=C(CN(C)Cc2ccccc2)N(CC)C(=O)N[C@H]1c1cc(OC)cc(OC)c1. The van der Waals surface area contributed by atoms with Crippen molar-refractivity contribution >= 4 is 12.0 Å². The van der Waals surface area contributed by atoms with Gasteiger partial charge < -0.3 is 19.5 Å². The number of ether oxygens (including phenoxy) is 3. The van der Waals surface area contributed by atoms with Gasteiger partial charge in [-0.25, -0.2) is 9.59 Å². The number of hydrogen-bond acceptors (Lipinski definition) is 6. The van der Waals surface area contributed by atoms with Gasteiger partial charge in [0.1, 0.15) is 11.5 Å². The first-order valence-electron chi connectivity index (χ1n) is 11.3. The van der Waals surface area contributed by atoms with Gasteiger partial charge in [-0.15, -0.1) is 0 Å². The summed E-state index contributed by atoms with van der Waals surface area (Å²) in [7, 11) is 5.08. The molecule has 0 aromatic heterocycles. The smallest absolute Gasteiger partial charge is 0.338 e. The van der Waals surface area contributed by atoms with Crippen LogP contribution in [0.25, 0.3) is 0 Å². The zero-order valence-corrected chi connectivity index (χ0v) is 20.5. The molecular formula is C26H33N3O5. The molecule has 1 atom stereocenters. The van der Waals surface area contributed by atoms with Crippen molar-refractivity contribution in [2.45, 2.75) is 26.4 Å². The summed E-state index contributed by atoms with van der Waals surface area (Å²) >= 11 is 0. The summed E-state index contributed by atoms with van der Waals surface area (Å²) in [5.41, 5.74) is 2.83.